The Morgan fingerprint density at radius 2 is 2.11 bits per heavy atom. The van der Waals surface area contributed by atoms with Crippen molar-refractivity contribution in [3.8, 4) is 5.75 Å². The maximum absolute atomic E-state index is 12.7. The van der Waals surface area contributed by atoms with Crippen LogP contribution in [-0.4, -0.2) is 39.6 Å². The van der Waals surface area contributed by atoms with E-state index < -0.39 is 17.5 Å². The number of aryl methyl sites for hydroxylation is 1. The Balaban J connectivity index is 1.87. The number of carbonyl (C=O) groups is 3. The summed E-state index contributed by atoms with van der Waals surface area (Å²) >= 11 is 0. The van der Waals surface area contributed by atoms with Crippen molar-refractivity contribution in [2.75, 3.05) is 11.9 Å². The maximum atomic E-state index is 12.7. The van der Waals surface area contributed by atoms with Crippen molar-refractivity contribution in [1.82, 2.24) is 9.78 Å². The minimum atomic E-state index is -0.572. The number of fused-ring (bicyclic) bond motifs is 1. The number of rotatable bonds is 4. The molecule has 0 bridgehead atoms. The van der Waals surface area contributed by atoms with Crippen LogP contribution in [0.3, 0.4) is 0 Å². The standard InChI is InChI=1S/C19H21N3O5/c1-5-26-18(25)13-10-20-22(4)16(13)21-17(24)11-6-7-15-12(8-11)14(23)9-19(2,3)27-15/h6-8,10H,5,9H2,1-4H3,(H,21,24). The predicted octanol–water partition coefficient (Wildman–Crippen LogP) is 2.59. The Hall–Kier alpha value is -3.16. The number of ether oxygens (including phenoxy) is 2. The third kappa shape index (κ3) is 3.69. The first kappa shape index (κ1) is 18.6. The first-order valence-electron chi connectivity index (χ1n) is 8.58. The van der Waals surface area contributed by atoms with Crippen molar-refractivity contribution >= 4 is 23.5 Å². The number of esters is 1. The van der Waals surface area contributed by atoms with E-state index in [1.807, 2.05) is 13.8 Å². The lowest BCUT2D eigenvalue weighted by Gasteiger charge is -2.31. The Kier molecular flexibility index (Phi) is 4.73. The summed E-state index contributed by atoms with van der Waals surface area (Å²) in [7, 11) is 1.60. The number of nitrogens with one attached hydrogen (secondary N) is 1. The van der Waals surface area contributed by atoms with Gasteiger partial charge in [-0.3, -0.25) is 14.3 Å². The van der Waals surface area contributed by atoms with Crippen LogP contribution in [-0.2, 0) is 11.8 Å². The molecule has 0 saturated carbocycles. The molecule has 1 aromatic heterocycles. The number of nitrogens with zero attached hydrogens (tertiary/aromatic N) is 2. The molecule has 0 atom stereocenters. The SMILES string of the molecule is CCOC(=O)c1cnn(C)c1NC(=O)c1ccc2c(c1)C(=O)CC(C)(C)O2. The van der Waals surface area contributed by atoms with Gasteiger partial charge in [-0.1, -0.05) is 0 Å². The molecule has 8 nitrogen and oxygen atoms in total. The molecule has 142 valence electrons. The summed E-state index contributed by atoms with van der Waals surface area (Å²) in [6.45, 7) is 5.59. The lowest BCUT2D eigenvalue weighted by Crippen LogP contribution is -2.36. The number of carbonyl (C=O) groups excluding carboxylic acids is 3. The lowest BCUT2D eigenvalue weighted by atomic mass is 9.92. The molecule has 1 aliphatic rings. The molecule has 8 heteroatoms. The normalized spacial score (nSPS) is 14.9. The highest BCUT2D eigenvalue weighted by Crippen LogP contribution is 2.33. The van der Waals surface area contributed by atoms with E-state index in [1.165, 1.54) is 16.9 Å². The van der Waals surface area contributed by atoms with E-state index >= 15 is 0 Å². The van der Waals surface area contributed by atoms with Gasteiger partial charge in [0.2, 0.25) is 0 Å². The molecular formula is C19H21N3O5. The Morgan fingerprint density at radius 3 is 2.81 bits per heavy atom. The average molecular weight is 371 g/mol. The molecular weight excluding hydrogens is 350 g/mol. The third-order valence-electron chi connectivity index (χ3n) is 4.18. The predicted molar refractivity (Wildman–Crippen MR) is 97.2 cm³/mol. The van der Waals surface area contributed by atoms with Gasteiger partial charge in [-0.25, -0.2) is 4.79 Å². The van der Waals surface area contributed by atoms with Gasteiger partial charge in [-0.2, -0.15) is 5.10 Å². The van der Waals surface area contributed by atoms with E-state index in [1.54, 1.807) is 26.1 Å². The fraction of sp³-hybridized carbons (Fsp3) is 0.368. The molecule has 0 saturated heterocycles. The molecule has 0 fully saturated rings. The highest BCUT2D eigenvalue weighted by Gasteiger charge is 2.33. The smallest absolute Gasteiger partial charge is 0.343 e. The quantitative estimate of drug-likeness (QED) is 0.830. The van der Waals surface area contributed by atoms with Crippen molar-refractivity contribution in [3.05, 3.63) is 41.1 Å². The summed E-state index contributed by atoms with van der Waals surface area (Å²) in [5.74, 6) is -0.439. The van der Waals surface area contributed by atoms with Crippen molar-refractivity contribution in [1.29, 1.82) is 0 Å². The number of anilines is 1. The number of ketones is 1. The molecule has 0 aliphatic carbocycles. The summed E-state index contributed by atoms with van der Waals surface area (Å²) in [5.41, 5.74) is 0.239. The molecule has 2 aromatic rings. The number of amides is 1. The molecule has 0 unspecified atom stereocenters. The Labute approximate surface area is 156 Å². The fourth-order valence-corrected chi connectivity index (χ4v) is 2.92. The van der Waals surface area contributed by atoms with Gasteiger partial charge in [0, 0.05) is 12.6 Å². The number of benzene rings is 1. The average Bonchev–Trinajstić information content (AvgIpc) is 2.94. The van der Waals surface area contributed by atoms with E-state index in [0.29, 0.717) is 11.3 Å². The van der Waals surface area contributed by atoms with Crippen molar-refractivity contribution < 1.29 is 23.9 Å². The second-order valence-electron chi connectivity index (χ2n) is 6.88. The first-order valence-corrected chi connectivity index (χ1v) is 8.58. The monoisotopic (exact) mass is 371 g/mol. The molecule has 27 heavy (non-hydrogen) atoms. The van der Waals surface area contributed by atoms with Gasteiger partial charge in [-0.05, 0) is 39.0 Å². The van der Waals surface area contributed by atoms with Gasteiger partial charge in [0.1, 0.15) is 22.7 Å². The van der Waals surface area contributed by atoms with Crippen molar-refractivity contribution in [3.63, 3.8) is 0 Å². The van der Waals surface area contributed by atoms with Crippen LogP contribution < -0.4 is 10.1 Å². The van der Waals surface area contributed by atoms with Gasteiger partial charge >= 0.3 is 5.97 Å². The molecule has 2 heterocycles. The van der Waals surface area contributed by atoms with Crippen LogP contribution in [0, 0.1) is 0 Å². The zero-order chi connectivity index (χ0) is 19.8. The van der Waals surface area contributed by atoms with Crippen molar-refractivity contribution in [2.45, 2.75) is 32.8 Å². The number of Topliss-reactive ketones (excluding diaryl/α,β-unsaturated/α-hetero) is 1. The fourth-order valence-electron chi connectivity index (χ4n) is 2.92. The molecule has 1 aromatic carbocycles. The minimum Gasteiger partial charge on any atom is -0.487 e. The zero-order valence-electron chi connectivity index (χ0n) is 15.7. The lowest BCUT2D eigenvalue weighted by molar-refractivity contribution is 0.0526. The Bertz CT molecular complexity index is 929. The number of hydrogen-bond donors (Lipinski definition) is 1. The maximum Gasteiger partial charge on any atom is 0.343 e. The molecule has 0 radical (unpaired) electrons. The summed E-state index contributed by atoms with van der Waals surface area (Å²) < 4.78 is 12.1. The largest absolute Gasteiger partial charge is 0.487 e. The van der Waals surface area contributed by atoms with E-state index in [0.717, 1.165) is 0 Å². The van der Waals surface area contributed by atoms with Gasteiger partial charge < -0.3 is 14.8 Å². The second-order valence-corrected chi connectivity index (χ2v) is 6.88. The van der Waals surface area contributed by atoms with E-state index in [2.05, 4.69) is 10.4 Å². The van der Waals surface area contributed by atoms with Crippen LogP contribution in [0.1, 0.15) is 58.3 Å². The van der Waals surface area contributed by atoms with Gasteiger partial charge in [-0.15, -0.1) is 0 Å². The zero-order valence-corrected chi connectivity index (χ0v) is 15.7. The van der Waals surface area contributed by atoms with E-state index in [-0.39, 0.29) is 35.8 Å². The van der Waals surface area contributed by atoms with Crippen LogP contribution in [0.2, 0.25) is 0 Å². The summed E-state index contributed by atoms with van der Waals surface area (Å²) in [5, 5.41) is 6.65. The van der Waals surface area contributed by atoms with E-state index in [9.17, 15) is 14.4 Å². The highest BCUT2D eigenvalue weighted by atomic mass is 16.5. The highest BCUT2D eigenvalue weighted by molar-refractivity contribution is 6.09. The van der Waals surface area contributed by atoms with Gasteiger partial charge in [0.05, 0.1) is 24.8 Å². The van der Waals surface area contributed by atoms with Crippen LogP contribution in [0.25, 0.3) is 0 Å². The van der Waals surface area contributed by atoms with Gasteiger partial charge in [0.25, 0.3) is 5.91 Å². The molecule has 1 aliphatic heterocycles. The Morgan fingerprint density at radius 1 is 1.37 bits per heavy atom. The van der Waals surface area contributed by atoms with Crippen LogP contribution in [0.15, 0.2) is 24.4 Å². The second kappa shape index (κ2) is 6.86. The summed E-state index contributed by atoms with van der Waals surface area (Å²) in [6, 6.07) is 4.68. The third-order valence-corrected chi connectivity index (χ3v) is 4.18. The topological polar surface area (TPSA) is 99.5 Å². The number of aromatic nitrogens is 2. The molecule has 1 amide bonds. The van der Waals surface area contributed by atoms with Crippen LogP contribution in [0.5, 0.6) is 5.75 Å². The summed E-state index contributed by atoms with van der Waals surface area (Å²) in [4.78, 5) is 37.0. The molecule has 0 spiro atoms. The van der Waals surface area contributed by atoms with Crippen LogP contribution in [0.4, 0.5) is 5.82 Å². The minimum absolute atomic E-state index is 0.0800. The summed E-state index contributed by atoms with van der Waals surface area (Å²) in [6.07, 6.45) is 1.57. The van der Waals surface area contributed by atoms with Gasteiger partial charge in [0.15, 0.2) is 5.78 Å². The van der Waals surface area contributed by atoms with Crippen LogP contribution >= 0.6 is 0 Å². The number of hydrogen-bond acceptors (Lipinski definition) is 6. The molecule has 3 rings (SSSR count). The van der Waals surface area contributed by atoms with E-state index in [4.69, 9.17) is 9.47 Å². The molecule has 1 N–H and O–H groups in total. The first-order chi connectivity index (χ1) is 12.7. The van der Waals surface area contributed by atoms with Crippen molar-refractivity contribution in [2.24, 2.45) is 7.05 Å².